The molecule has 0 radical (unpaired) electrons. The molecule has 2 rings (SSSR count). The lowest BCUT2D eigenvalue weighted by atomic mass is 10.2. The molecule has 1 aromatic carbocycles. The van der Waals surface area contributed by atoms with E-state index < -0.39 is 5.97 Å². The van der Waals surface area contributed by atoms with E-state index in [0.717, 1.165) is 11.1 Å². The molecule has 2 aromatic rings. The van der Waals surface area contributed by atoms with Crippen LogP contribution in [0.1, 0.15) is 18.1 Å². The highest BCUT2D eigenvalue weighted by Gasteiger charge is 2.05. The number of anilines is 1. The first-order valence-corrected chi connectivity index (χ1v) is 9.56. The minimum Gasteiger partial charge on any atom is -0.463 e. The van der Waals surface area contributed by atoms with Crippen molar-refractivity contribution in [3.63, 3.8) is 0 Å². The molecule has 0 aliphatic heterocycles. The molecular weight excluding hydrogens is 350 g/mol. The molecule has 0 unspecified atom stereocenters. The Bertz CT molecular complexity index is 723. The molecule has 0 atom stereocenters. The van der Waals surface area contributed by atoms with Gasteiger partial charge in [0.05, 0.1) is 19.8 Å². The van der Waals surface area contributed by atoms with Crippen LogP contribution in [0.3, 0.4) is 0 Å². The lowest BCUT2D eigenvalue weighted by Crippen LogP contribution is -2.12. The van der Waals surface area contributed by atoms with Gasteiger partial charge in [-0.2, -0.15) is 0 Å². The van der Waals surface area contributed by atoms with Crippen molar-refractivity contribution in [2.75, 3.05) is 31.3 Å². The molecule has 0 spiro atoms. The number of carbonyl (C=O) groups excluding carboxylic acids is 1. The Kier molecular flexibility index (Phi) is 8.65. The Morgan fingerprint density at radius 3 is 2.85 bits per heavy atom. The number of nitrogens with zero attached hydrogens (tertiary/aromatic N) is 2. The maximum Gasteiger partial charge on any atom is 0.330 e. The third-order valence-corrected chi connectivity index (χ3v) is 3.88. The van der Waals surface area contributed by atoms with Gasteiger partial charge >= 0.3 is 5.97 Å². The summed E-state index contributed by atoms with van der Waals surface area (Å²) in [4.78, 5) is 20.2. The monoisotopic (exact) mass is 373 g/mol. The van der Waals surface area contributed by atoms with Crippen LogP contribution < -0.4 is 5.32 Å². The first-order valence-electron chi connectivity index (χ1n) is 8.34. The van der Waals surface area contributed by atoms with Crippen LogP contribution in [0.2, 0.25) is 0 Å². The van der Waals surface area contributed by atoms with E-state index in [4.69, 9.17) is 9.47 Å². The van der Waals surface area contributed by atoms with Gasteiger partial charge in [0.15, 0.2) is 5.16 Å². The van der Waals surface area contributed by atoms with Gasteiger partial charge in [-0.3, -0.25) is 0 Å². The summed E-state index contributed by atoms with van der Waals surface area (Å²) >= 11 is 1.46. The summed E-state index contributed by atoms with van der Waals surface area (Å²) in [6, 6.07) is 10.0. The second kappa shape index (κ2) is 11.3. The lowest BCUT2D eigenvalue weighted by Gasteiger charge is -2.10. The van der Waals surface area contributed by atoms with Gasteiger partial charge in [-0.05, 0) is 24.8 Å². The van der Waals surface area contributed by atoms with Crippen molar-refractivity contribution >= 4 is 29.6 Å². The van der Waals surface area contributed by atoms with Gasteiger partial charge in [-0.15, -0.1) is 0 Å². The van der Waals surface area contributed by atoms with Crippen LogP contribution in [-0.2, 0) is 20.9 Å². The molecule has 0 aliphatic carbocycles. The molecule has 0 saturated heterocycles. The topological polar surface area (TPSA) is 73.3 Å². The van der Waals surface area contributed by atoms with Crippen molar-refractivity contribution in [2.45, 2.75) is 18.7 Å². The predicted octanol–water partition coefficient (Wildman–Crippen LogP) is 3.40. The molecule has 1 N–H and O–H groups in total. The number of carbonyl (C=O) groups is 1. The minimum atomic E-state index is -0.390. The van der Waals surface area contributed by atoms with E-state index in [9.17, 15) is 4.79 Å². The van der Waals surface area contributed by atoms with E-state index in [-0.39, 0.29) is 0 Å². The predicted molar refractivity (Wildman–Crippen MR) is 104 cm³/mol. The van der Waals surface area contributed by atoms with Crippen molar-refractivity contribution < 1.29 is 14.3 Å². The smallest absolute Gasteiger partial charge is 0.330 e. The summed E-state index contributed by atoms with van der Waals surface area (Å²) in [5.74, 6) is 0.270. The number of benzene rings is 1. The van der Waals surface area contributed by atoms with Gasteiger partial charge < -0.3 is 14.8 Å². The zero-order valence-corrected chi connectivity index (χ0v) is 15.8. The molecule has 6 nitrogen and oxygen atoms in total. The zero-order valence-electron chi connectivity index (χ0n) is 15.0. The Hall–Kier alpha value is -2.38. The van der Waals surface area contributed by atoms with Gasteiger partial charge in [0.1, 0.15) is 5.82 Å². The maximum atomic E-state index is 11.5. The first kappa shape index (κ1) is 19.9. The van der Waals surface area contributed by atoms with Crippen molar-refractivity contribution in [2.24, 2.45) is 0 Å². The third-order valence-electron chi connectivity index (χ3n) is 3.31. The summed E-state index contributed by atoms with van der Waals surface area (Å²) in [7, 11) is 0. The van der Waals surface area contributed by atoms with Crippen LogP contribution in [0.15, 0.2) is 47.8 Å². The van der Waals surface area contributed by atoms with E-state index in [2.05, 4.69) is 15.3 Å². The fourth-order valence-corrected chi connectivity index (χ4v) is 2.43. The largest absolute Gasteiger partial charge is 0.463 e. The van der Waals surface area contributed by atoms with E-state index in [1.165, 1.54) is 17.8 Å². The molecule has 0 amide bonds. The molecular formula is C19H23N3O3S. The molecule has 138 valence electrons. The van der Waals surface area contributed by atoms with Gasteiger partial charge in [-0.1, -0.05) is 42.1 Å². The highest BCUT2D eigenvalue weighted by Crippen LogP contribution is 2.17. The standard InChI is InChI=1S/C19H23N3O3S/c1-3-25-17(23)10-9-16-13-21-19(26-2)22-18(16)20-11-12-24-14-15-7-5-4-6-8-15/h4-10,13H,3,11-12,14H2,1-2H3,(H,20,21,22)/b10-9+. The maximum absolute atomic E-state index is 11.5. The highest BCUT2D eigenvalue weighted by molar-refractivity contribution is 7.98. The molecule has 7 heteroatoms. The Balaban J connectivity index is 1.90. The number of rotatable bonds is 10. The van der Waals surface area contributed by atoms with E-state index in [0.29, 0.717) is 37.3 Å². The third kappa shape index (κ3) is 6.85. The quantitative estimate of drug-likeness (QED) is 0.225. The fraction of sp³-hybridized carbons (Fsp3) is 0.316. The summed E-state index contributed by atoms with van der Waals surface area (Å²) < 4.78 is 10.6. The van der Waals surface area contributed by atoms with Crippen molar-refractivity contribution in [1.29, 1.82) is 0 Å². The number of nitrogens with one attached hydrogen (secondary N) is 1. The Labute approximate surface area is 158 Å². The van der Waals surface area contributed by atoms with Crippen molar-refractivity contribution in [3.8, 4) is 0 Å². The number of hydrogen-bond acceptors (Lipinski definition) is 7. The molecule has 0 aliphatic rings. The SMILES string of the molecule is CCOC(=O)/C=C/c1cnc(SC)nc1NCCOCc1ccccc1. The van der Waals surface area contributed by atoms with Crippen LogP contribution in [0.5, 0.6) is 0 Å². The van der Waals surface area contributed by atoms with Crippen molar-refractivity contribution in [1.82, 2.24) is 9.97 Å². The van der Waals surface area contributed by atoms with Crippen LogP contribution in [0.4, 0.5) is 5.82 Å². The second-order valence-corrected chi connectivity index (χ2v) is 5.98. The molecule has 0 bridgehead atoms. The summed E-state index contributed by atoms with van der Waals surface area (Å²) in [6.45, 7) is 3.81. The number of thioether (sulfide) groups is 1. The summed E-state index contributed by atoms with van der Waals surface area (Å²) in [6.07, 6.45) is 6.62. The first-order chi connectivity index (χ1) is 12.7. The van der Waals surface area contributed by atoms with E-state index in [1.54, 1.807) is 19.2 Å². The van der Waals surface area contributed by atoms with Gasteiger partial charge in [0.2, 0.25) is 0 Å². The summed E-state index contributed by atoms with van der Waals surface area (Å²) in [5.41, 5.74) is 1.86. The van der Waals surface area contributed by atoms with Crippen LogP contribution in [0, 0.1) is 0 Å². The fourth-order valence-electron chi connectivity index (χ4n) is 2.09. The second-order valence-electron chi connectivity index (χ2n) is 5.21. The average Bonchev–Trinajstić information content (AvgIpc) is 2.67. The lowest BCUT2D eigenvalue weighted by molar-refractivity contribution is -0.137. The number of ether oxygens (including phenoxy) is 2. The van der Waals surface area contributed by atoms with Crippen LogP contribution in [-0.4, -0.2) is 42.0 Å². The van der Waals surface area contributed by atoms with Gasteiger partial charge in [0, 0.05) is 24.4 Å². The zero-order chi connectivity index (χ0) is 18.6. The van der Waals surface area contributed by atoms with Crippen LogP contribution in [0.25, 0.3) is 6.08 Å². The van der Waals surface area contributed by atoms with E-state index in [1.807, 2.05) is 36.6 Å². The Morgan fingerprint density at radius 2 is 2.12 bits per heavy atom. The van der Waals surface area contributed by atoms with Gasteiger partial charge in [-0.25, -0.2) is 14.8 Å². The molecule has 0 fully saturated rings. The highest BCUT2D eigenvalue weighted by atomic mass is 32.2. The average molecular weight is 373 g/mol. The molecule has 0 saturated carbocycles. The number of esters is 1. The Morgan fingerprint density at radius 1 is 1.31 bits per heavy atom. The number of hydrogen-bond donors (Lipinski definition) is 1. The van der Waals surface area contributed by atoms with Crippen LogP contribution >= 0.6 is 11.8 Å². The molecule has 1 heterocycles. The van der Waals surface area contributed by atoms with E-state index >= 15 is 0 Å². The van der Waals surface area contributed by atoms with Crippen molar-refractivity contribution in [3.05, 3.63) is 53.7 Å². The minimum absolute atomic E-state index is 0.342. The summed E-state index contributed by atoms with van der Waals surface area (Å²) in [5, 5.41) is 3.90. The molecule has 26 heavy (non-hydrogen) atoms. The normalized spacial score (nSPS) is 10.8. The number of aromatic nitrogens is 2. The van der Waals surface area contributed by atoms with Gasteiger partial charge in [0.25, 0.3) is 0 Å². The molecule has 1 aromatic heterocycles.